The van der Waals surface area contributed by atoms with E-state index in [0.29, 0.717) is 0 Å². The minimum Gasteiger partial charge on any atom is -0.274 e. The fourth-order valence-corrected chi connectivity index (χ4v) is 5.28. The van der Waals surface area contributed by atoms with Crippen LogP contribution >= 0.6 is 0 Å². The van der Waals surface area contributed by atoms with Gasteiger partial charge in [0, 0.05) is 6.07 Å². The fraction of sp³-hybridized carbons (Fsp3) is 0.444. The normalized spacial score (nSPS) is 34.3. The van der Waals surface area contributed by atoms with Gasteiger partial charge in [0.25, 0.3) is 5.69 Å². The van der Waals surface area contributed by atoms with Crippen LogP contribution < -0.4 is 4.90 Å². The van der Waals surface area contributed by atoms with Gasteiger partial charge in [-0.05, 0) is 48.6 Å². The molecule has 0 aromatic heterocycles. The summed E-state index contributed by atoms with van der Waals surface area (Å²) in [6.45, 7) is 1.75. The number of carbonyl (C=O) groups excluding carboxylic acids is 2. The summed E-state index contributed by atoms with van der Waals surface area (Å²) in [5.74, 6) is -0.955. The average Bonchev–Trinajstić information content (AvgIpc) is 3.14. The number of amides is 2. The monoisotopic (exact) mass is 324 g/mol. The Labute approximate surface area is 138 Å². The highest BCUT2D eigenvalue weighted by Gasteiger charge is 2.73. The number of allylic oxidation sites excluding steroid dienone is 2. The minimum atomic E-state index is -0.522. The highest BCUT2D eigenvalue weighted by atomic mass is 16.6. The Morgan fingerprint density at radius 1 is 1.12 bits per heavy atom. The molecule has 24 heavy (non-hydrogen) atoms. The third kappa shape index (κ3) is 1.42. The summed E-state index contributed by atoms with van der Waals surface area (Å²) in [4.78, 5) is 38.0. The first-order valence-corrected chi connectivity index (χ1v) is 8.27. The van der Waals surface area contributed by atoms with Crippen molar-refractivity contribution in [3.63, 3.8) is 0 Å². The largest absolute Gasteiger partial charge is 0.293 e. The first-order valence-electron chi connectivity index (χ1n) is 8.27. The number of hydrogen-bond acceptors (Lipinski definition) is 4. The van der Waals surface area contributed by atoms with Gasteiger partial charge in [-0.1, -0.05) is 18.2 Å². The van der Waals surface area contributed by atoms with Crippen LogP contribution in [0, 0.1) is 46.1 Å². The maximum atomic E-state index is 13.0. The van der Waals surface area contributed by atoms with Crippen molar-refractivity contribution in [1.29, 1.82) is 0 Å². The second kappa shape index (κ2) is 4.12. The fourth-order valence-electron chi connectivity index (χ4n) is 5.28. The number of nitro benzene ring substituents is 1. The molecule has 2 amide bonds. The molecule has 1 heterocycles. The van der Waals surface area contributed by atoms with E-state index < -0.39 is 4.92 Å². The molecular weight excluding hydrogens is 308 g/mol. The van der Waals surface area contributed by atoms with Crippen LogP contribution in [0.15, 0.2) is 30.4 Å². The minimum absolute atomic E-state index is 0.110. The number of rotatable bonds is 2. The van der Waals surface area contributed by atoms with Crippen molar-refractivity contribution in [2.75, 3.05) is 4.90 Å². The van der Waals surface area contributed by atoms with Crippen molar-refractivity contribution in [2.45, 2.75) is 19.8 Å². The van der Waals surface area contributed by atoms with Gasteiger partial charge in [-0.15, -0.1) is 0 Å². The maximum Gasteiger partial charge on any atom is 0.293 e. The third-order valence-electron chi connectivity index (χ3n) is 6.42. The topological polar surface area (TPSA) is 80.5 Å². The molecule has 122 valence electrons. The molecule has 0 radical (unpaired) electrons. The van der Waals surface area contributed by atoms with Gasteiger partial charge in [-0.2, -0.15) is 0 Å². The molecule has 4 atom stereocenters. The van der Waals surface area contributed by atoms with Crippen LogP contribution in [0.5, 0.6) is 0 Å². The lowest BCUT2D eigenvalue weighted by atomic mass is 9.85. The Morgan fingerprint density at radius 3 is 2.21 bits per heavy atom. The zero-order valence-electron chi connectivity index (χ0n) is 13.1. The van der Waals surface area contributed by atoms with Gasteiger partial charge in [0.05, 0.1) is 16.8 Å². The van der Waals surface area contributed by atoms with Gasteiger partial charge in [0.15, 0.2) is 0 Å². The standard InChI is InChI=1S/C18H16N2O4/c1-9-2-5-12(13(8-9)20(23)24)19-16(21)14-10-3-4-11(15(14)17(19)22)18(10)6-7-18/h2-5,8,10-11,14-15H,6-7H2,1H3/t10-,11-,14+,15+/m1/s1. The average molecular weight is 324 g/mol. The van der Waals surface area contributed by atoms with Crippen molar-refractivity contribution in [1.82, 2.24) is 0 Å². The van der Waals surface area contributed by atoms with Crippen LogP contribution in [0.25, 0.3) is 0 Å². The summed E-state index contributed by atoms with van der Waals surface area (Å²) in [6, 6.07) is 4.64. The number of nitro groups is 1. The van der Waals surface area contributed by atoms with Crippen LogP contribution in [0.1, 0.15) is 18.4 Å². The van der Waals surface area contributed by atoms with Crippen molar-refractivity contribution in [3.8, 4) is 0 Å². The molecule has 2 bridgehead atoms. The van der Waals surface area contributed by atoms with E-state index in [1.54, 1.807) is 13.0 Å². The van der Waals surface area contributed by atoms with Gasteiger partial charge < -0.3 is 0 Å². The van der Waals surface area contributed by atoms with Crippen molar-refractivity contribution in [2.24, 2.45) is 29.1 Å². The third-order valence-corrected chi connectivity index (χ3v) is 6.42. The molecule has 0 N–H and O–H groups in total. The molecule has 2 saturated carbocycles. The van der Waals surface area contributed by atoms with E-state index in [0.717, 1.165) is 23.3 Å². The van der Waals surface area contributed by atoms with E-state index in [4.69, 9.17) is 0 Å². The Balaban J connectivity index is 1.60. The number of benzene rings is 1. The molecule has 5 rings (SSSR count). The zero-order valence-corrected chi connectivity index (χ0v) is 13.1. The van der Waals surface area contributed by atoms with Gasteiger partial charge in [0.1, 0.15) is 5.69 Å². The van der Waals surface area contributed by atoms with Crippen LogP contribution in [0.3, 0.4) is 0 Å². The number of anilines is 1. The molecule has 0 unspecified atom stereocenters. The summed E-state index contributed by atoms with van der Waals surface area (Å²) in [5, 5.41) is 11.4. The lowest BCUT2D eigenvalue weighted by Crippen LogP contribution is -2.35. The second-order valence-corrected chi connectivity index (χ2v) is 7.48. The first-order chi connectivity index (χ1) is 11.5. The smallest absolute Gasteiger partial charge is 0.274 e. The highest BCUT2D eigenvalue weighted by Crippen LogP contribution is 2.73. The lowest BCUT2D eigenvalue weighted by molar-refractivity contribution is -0.384. The molecule has 1 saturated heterocycles. The SMILES string of the molecule is Cc1ccc(N2C(=O)[C@@H]3[C@@H](C2=O)[C@H]2C=C[C@H]3C23CC3)c([N+](=O)[O-])c1. The van der Waals surface area contributed by atoms with E-state index in [2.05, 4.69) is 12.2 Å². The van der Waals surface area contributed by atoms with Gasteiger partial charge in [-0.25, -0.2) is 4.90 Å². The van der Waals surface area contributed by atoms with Gasteiger partial charge >= 0.3 is 0 Å². The summed E-state index contributed by atoms with van der Waals surface area (Å²) < 4.78 is 0. The van der Waals surface area contributed by atoms with Crippen molar-refractivity contribution in [3.05, 3.63) is 46.0 Å². The number of imide groups is 1. The number of carbonyl (C=O) groups is 2. The second-order valence-electron chi connectivity index (χ2n) is 7.48. The number of hydrogen-bond donors (Lipinski definition) is 0. The molecule has 6 heteroatoms. The summed E-state index contributed by atoms with van der Waals surface area (Å²) >= 11 is 0. The number of nitrogens with zero attached hydrogens (tertiary/aromatic N) is 2. The van der Waals surface area contributed by atoms with Gasteiger partial charge in [-0.3, -0.25) is 19.7 Å². The summed E-state index contributed by atoms with van der Waals surface area (Å²) in [7, 11) is 0. The van der Waals surface area contributed by atoms with Crippen molar-refractivity contribution >= 4 is 23.2 Å². The Morgan fingerprint density at radius 2 is 1.71 bits per heavy atom. The van der Waals surface area contributed by atoms with E-state index in [1.165, 1.54) is 12.1 Å². The van der Waals surface area contributed by atoms with E-state index in [9.17, 15) is 19.7 Å². The molecule has 3 aliphatic carbocycles. The highest BCUT2D eigenvalue weighted by molar-refractivity contribution is 6.24. The van der Waals surface area contributed by atoms with Crippen LogP contribution in [0.4, 0.5) is 11.4 Å². The lowest BCUT2D eigenvalue weighted by Gasteiger charge is -2.21. The molecule has 3 fully saturated rings. The maximum absolute atomic E-state index is 13.0. The Hall–Kier alpha value is -2.50. The molecular formula is C18H16N2O4. The van der Waals surface area contributed by atoms with Crippen LogP contribution in [-0.2, 0) is 9.59 Å². The summed E-state index contributed by atoms with van der Waals surface area (Å²) in [5.41, 5.74) is 0.784. The van der Waals surface area contributed by atoms with E-state index in [-0.39, 0.29) is 52.3 Å². The summed E-state index contributed by atoms with van der Waals surface area (Å²) in [6.07, 6.45) is 6.34. The molecule has 1 aliphatic heterocycles. The molecule has 6 nitrogen and oxygen atoms in total. The Bertz CT molecular complexity index is 821. The number of fused-ring (bicyclic) bond motifs is 3. The zero-order chi connectivity index (χ0) is 16.8. The Kier molecular flexibility index (Phi) is 2.39. The molecule has 4 aliphatic rings. The van der Waals surface area contributed by atoms with Crippen LogP contribution in [-0.4, -0.2) is 16.7 Å². The number of aryl methyl sites for hydroxylation is 1. The quantitative estimate of drug-likeness (QED) is 0.362. The van der Waals surface area contributed by atoms with Gasteiger partial charge in [0.2, 0.25) is 11.8 Å². The van der Waals surface area contributed by atoms with E-state index in [1.807, 2.05) is 0 Å². The van der Waals surface area contributed by atoms with Crippen LogP contribution in [0.2, 0.25) is 0 Å². The first kappa shape index (κ1) is 13.9. The molecule has 1 spiro atoms. The van der Waals surface area contributed by atoms with Crippen molar-refractivity contribution < 1.29 is 14.5 Å². The molecule has 1 aromatic carbocycles. The predicted molar refractivity (Wildman–Crippen MR) is 85.1 cm³/mol. The molecule has 1 aromatic rings. The predicted octanol–water partition coefficient (Wildman–Crippen LogP) is 2.60. The van der Waals surface area contributed by atoms with E-state index >= 15 is 0 Å².